The number of rotatable bonds is 13. The first-order chi connectivity index (χ1) is 8.41. The van der Waals surface area contributed by atoms with Gasteiger partial charge in [0.15, 0.2) is 0 Å². The first-order valence-corrected chi connectivity index (χ1v) is 8.74. The second kappa shape index (κ2) is 15.9. The lowest BCUT2D eigenvalue weighted by Crippen LogP contribution is -1.83. The average molecular weight is 255 g/mol. The molecule has 0 fully saturated rings. The van der Waals surface area contributed by atoms with Crippen LogP contribution in [0.1, 0.15) is 84.0 Å². The molecule has 0 aromatic carbocycles. The van der Waals surface area contributed by atoms with Gasteiger partial charge in [-0.25, -0.2) is 0 Å². The van der Waals surface area contributed by atoms with Crippen LogP contribution in [0.2, 0.25) is 0 Å². The molecule has 0 N–H and O–H groups in total. The van der Waals surface area contributed by atoms with E-state index in [1.165, 1.54) is 77.0 Å². The summed E-state index contributed by atoms with van der Waals surface area (Å²) < 4.78 is 0. The summed E-state index contributed by atoms with van der Waals surface area (Å²) in [7, 11) is 0.532. The minimum atomic E-state index is 0.532. The minimum absolute atomic E-state index is 0.532. The number of nitrogens with zero attached hydrogens (tertiary/aromatic N) is 1. The highest BCUT2D eigenvalue weighted by molar-refractivity contribution is 7.43. The lowest BCUT2D eigenvalue weighted by atomic mass is 10.1. The van der Waals surface area contributed by atoms with E-state index in [2.05, 4.69) is 12.7 Å². The van der Waals surface area contributed by atoms with Gasteiger partial charge in [0.2, 0.25) is 0 Å². The highest BCUT2D eigenvalue weighted by atomic mass is 31.1. The Morgan fingerprint density at radius 3 is 1.53 bits per heavy atom. The Bertz CT molecular complexity index is 174. The van der Waals surface area contributed by atoms with Gasteiger partial charge < -0.3 is 0 Å². The average Bonchev–Trinajstić information content (AvgIpc) is 2.35. The monoisotopic (exact) mass is 255 g/mol. The van der Waals surface area contributed by atoms with Crippen LogP contribution < -0.4 is 0 Å². The van der Waals surface area contributed by atoms with Crippen molar-refractivity contribution in [2.75, 3.05) is 6.16 Å². The molecule has 2 heteroatoms. The molecule has 0 aliphatic carbocycles. The van der Waals surface area contributed by atoms with Crippen LogP contribution in [-0.2, 0) is 0 Å². The summed E-state index contributed by atoms with van der Waals surface area (Å²) in [6.45, 7) is 2.27. The van der Waals surface area contributed by atoms with Crippen molar-refractivity contribution in [3.63, 3.8) is 0 Å². The highest BCUT2D eigenvalue weighted by Crippen LogP contribution is 2.14. The van der Waals surface area contributed by atoms with E-state index in [0.717, 1.165) is 6.16 Å². The third kappa shape index (κ3) is 15.9. The molecular formula is C15H30NP. The van der Waals surface area contributed by atoms with Crippen molar-refractivity contribution < 1.29 is 0 Å². The van der Waals surface area contributed by atoms with Crippen LogP contribution in [0, 0.1) is 11.1 Å². The Labute approximate surface area is 110 Å². The standard InChI is InChI=1S/C15H30NP/c1-2-3-4-5-6-7-8-9-10-11-12-13-14-17-15-16/h17H,2-14H2,1H3. The molecular weight excluding hydrogens is 225 g/mol. The molecule has 0 aliphatic heterocycles. The first kappa shape index (κ1) is 16.9. The SMILES string of the molecule is CCCCCCCCCCCCCCPC#N. The fourth-order valence-electron chi connectivity index (χ4n) is 2.11. The van der Waals surface area contributed by atoms with Gasteiger partial charge in [-0.2, -0.15) is 5.26 Å². The molecule has 0 bridgehead atoms. The Morgan fingerprint density at radius 2 is 1.12 bits per heavy atom. The van der Waals surface area contributed by atoms with Crippen molar-refractivity contribution in [1.82, 2.24) is 0 Å². The van der Waals surface area contributed by atoms with E-state index in [1.807, 2.05) is 0 Å². The van der Waals surface area contributed by atoms with Crippen LogP contribution in [0.15, 0.2) is 0 Å². The summed E-state index contributed by atoms with van der Waals surface area (Å²) >= 11 is 0. The van der Waals surface area contributed by atoms with Gasteiger partial charge in [0, 0.05) is 0 Å². The van der Waals surface area contributed by atoms with Gasteiger partial charge in [-0.1, -0.05) is 77.6 Å². The van der Waals surface area contributed by atoms with Crippen LogP contribution in [-0.4, -0.2) is 6.16 Å². The normalized spacial score (nSPS) is 11.1. The zero-order valence-electron chi connectivity index (χ0n) is 11.6. The molecule has 0 aliphatic rings. The van der Waals surface area contributed by atoms with Crippen molar-refractivity contribution >= 4 is 8.58 Å². The highest BCUT2D eigenvalue weighted by Gasteiger charge is 1.93. The van der Waals surface area contributed by atoms with Crippen LogP contribution in [0.3, 0.4) is 0 Å². The maximum Gasteiger partial charge on any atom is 0.0838 e. The van der Waals surface area contributed by atoms with Gasteiger partial charge in [0.05, 0.1) is 5.81 Å². The second-order valence-corrected chi connectivity index (χ2v) is 6.00. The maximum atomic E-state index is 8.41. The van der Waals surface area contributed by atoms with E-state index in [0.29, 0.717) is 8.58 Å². The maximum absolute atomic E-state index is 8.41. The second-order valence-electron chi connectivity index (χ2n) is 4.93. The van der Waals surface area contributed by atoms with Crippen LogP contribution in [0.5, 0.6) is 0 Å². The molecule has 1 nitrogen and oxygen atoms in total. The van der Waals surface area contributed by atoms with Gasteiger partial charge in [0.1, 0.15) is 0 Å². The number of nitriles is 1. The van der Waals surface area contributed by atoms with Gasteiger partial charge in [-0.15, -0.1) is 0 Å². The molecule has 0 amide bonds. The van der Waals surface area contributed by atoms with E-state index >= 15 is 0 Å². The van der Waals surface area contributed by atoms with Gasteiger partial charge in [0.25, 0.3) is 0 Å². The molecule has 100 valence electrons. The van der Waals surface area contributed by atoms with Crippen LogP contribution in [0.4, 0.5) is 0 Å². The van der Waals surface area contributed by atoms with Crippen LogP contribution in [0.25, 0.3) is 0 Å². The fourth-order valence-corrected chi connectivity index (χ4v) is 2.65. The molecule has 17 heavy (non-hydrogen) atoms. The topological polar surface area (TPSA) is 23.8 Å². The molecule has 1 atom stereocenters. The third-order valence-corrected chi connectivity index (χ3v) is 4.00. The summed E-state index contributed by atoms with van der Waals surface area (Å²) in [5.41, 5.74) is 0. The van der Waals surface area contributed by atoms with Crippen molar-refractivity contribution in [2.45, 2.75) is 84.0 Å². The lowest BCUT2D eigenvalue weighted by Gasteiger charge is -2.02. The van der Waals surface area contributed by atoms with Crippen molar-refractivity contribution in [2.24, 2.45) is 0 Å². The summed E-state index contributed by atoms with van der Waals surface area (Å²) in [6, 6.07) is 0. The number of hydrogen-bond donors (Lipinski definition) is 0. The number of hydrogen-bond acceptors (Lipinski definition) is 1. The summed E-state index contributed by atoms with van der Waals surface area (Å²) in [4.78, 5) is 0. The molecule has 1 unspecified atom stereocenters. The summed E-state index contributed by atoms with van der Waals surface area (Å²) in [6.07, 6.45) is 17.9. The van der Waals surface area contributed by atoms with Crippen molar-refractivity contribution in [3.05, 3.63) is 0 Å². The Hall–Kier alpha value is -0.0800. The third-order valence-electron chi connectivity index (χ3n) is 3.23. The minimum Gasteiger partial charge on any atom is -0.194 e. The zero-order chi connectivity index (χ0) is 12.6. The summed E-state index contributed by atoms with van der Waals surface area (Å²) in [5.74, 6) is 2.24. The molecule has 0 saturated heterocycles. The van der Waals surface area contributed by atoms with E-state index in [9.17, 15) is 0 Å². The number of unbranched alkanes of at least 4 members (excludes halogenated alkanes) is 11. The van der Waals surface area contributed by atoms with E-state index < -0.39 is 0 Å². The molecule has 0 radical (unpaired) electrons. The Kier molecular flexibility index (Phi) is 15.8. The van der Waals surface area contributed by atoms with E-state index in [1.54, 1.807) is 0 Å². The largest absolute Gasteiger partial charge is 0.194 e. The van der Waals surface area contributed by atoms with Crippen molar-refractivity contribution in [3.8, 4) is 5.81 Å². The fraction of sp³-hybridized carbons (Fsp3) is 0.933. The van der Waals surface area contributed by atoms with E-state index in [4.69, 9.17) is 5.26 Å². The molecule has 0 aromatic heterocycles. The molecule has 0 aromatic rings. The predicted molar refractivity (Wildman–Crippen MR) is 79.9 cm³/mol. The Morgan fingerprint density at radius 1 is 0.706 bits per heavy atom. The Balaban J connectivity index is 2.87. The molecule has 0 rings (SSSR count). The molecule has 0 spiro atoms. The van der Waals surface area contributed by atoms with Gasteiger partial charge >= 0.3 is 0 Å². The molecule has 0 saturated carbocycles. The quantitative estimate of drug-likeness (QED) is 0.299. The van der Waals surface area contributed by atoms with Crippen molar-refractivity contribution in [1.29, 1.82) is 5.26 Å². The summed E-state index contributed by atoms with van der Waals surface area (Å²) in [5, 5.41) is 8.41. The van der Waals surface area contributed by atoms with Gasteiger partial charge in [-0.05, 0) is 21.2 Å². The van der Waals surface area contributed by atoms with E-state index in [-0.39, 0.29) is 0 Å². The van der Waals surface area contributed by atoms with Crippen LogP contribution >= 0.6 is 8.58 Å². The lowest BCUT2D eigenvalue weighted by molar-refractivity contribution is 0.548. The predicted octanol–water partition coefficient (Wildman–Crippen LogP) is 5.85. The zero-order valence-corrected chi connectivity index (χ0v) is 12.6. The smallest absolute Gasteiger partial charge is 0.0838 e. The van der Waals surface area contributed by atoms with Gasteiger partial charge in [-0.3, -0.25) is 0 Å². The molecule has 0 heterocycles. The first-order valence-electron chi connectivity index (χ1n) is 7.53.